The highest BCUT2D eigenvalue weighted by atomic mass is 16.7. The molecule has 1 aliphatic carbocycles. The summed E-state index contributed by atoms with van der Waals surface area (Å²) in [6, 6.07) is 15.9. The molecule has 5 rings (SSSR count). The molecule has 0 fully saturated rings. The Bertz CT molecular complexity index is 992. The van der Waals surface area contributed by atoms with Gasteiger partial charge in [-0.15, -0.1) is 0 Å². The molecule has 1 aromatic heterocycles. The van der Waals surface area contributed by atoms with Crippen LogP contribution in [0.5, 0.6) is 17.2 Å². The average molecular weight is 359 g/mol. The zero-order valence-corrected chi connectivity index (χ0v) is 14.5. The molecule has 1 N–H and O–H groups in total. The number of ether oxygens (including phenoxy) is 2. The van der Waals surface area contributed by atoms with Gasteiger partial charge in [0.25, 0.3) is 0 Å². The molecule has 2 heterocycles. The van der Waals surface area contributed by atoms with Gasteiger partial charge in [-0.05, 0) is 48.2 Å². The Hall–Kier alpha value is -3.38. The SMILES string of the molecule is C1=C(Oc2cncnc2)NO[C@]12CCc1cc(Oc3ccccc3)ccc12. The molecule has 1 aliphatic heterocycles. The molecule has 2 aliphatic rings. The molecule has 0 saturated carbocycles. The summed E-state index contributed by atoms with van der Waals surface area (Å²) in [6.07, 6.45) is 8.39. The second kappa shape index (κ2) is 6.41. The summed E-state index contributed by atoms with van der Waals surface area (Å²) < 4.78 is 11.7. The number of para-hydroxylation sites is 1. The van der Waals surface area contributed by atoms with E-state index < -0.39 is 5.60 Å². The van der Waals surface area contributed by atoms with E-state index in [1.807, 2.05) is 42.5 Å². The Labute approximate surface area is 156 Å². The Morgan fingerprint density at radius 1 is 0.926 bits per heavy atom. The first kappa shape index (κ1) is 15.8. The number of hydrogen-bond donors (Lipinski definition) is 1. The molecule has 0 saturated heterocycles. The molecule has 1 atom stereocenters. The molecule has 1 spiro atoms. The van der Waals surface area contributed by atoms with E-state index in [2.05, 4.69) is 27.6 Å². The fraction of sp³-hybridized carbons (Fsp3) is 0.143. The summed E-state index contributed by atoms with van der Waals surface area (Å²) in [5.41, 5.74) is 4.70. The number of nitrogens with zero attached hydrogens (tertiary/aromatic N) is 2. The third-order valence-corrected chi connectivity index (χ3v) is 4.74. The van der Waals surface area contributed by atoms with Gasteiger partial charge in [0.2, 0.25) is 5.88 Å². The van der Waals surface area contributed by atoms with Gasteiger partial charge in [0.1, 0.15) is 23.4 Å². The molecule has 134 valence electrons. The van der Waals surface area contributed by atoms with E-state index in [0.717, 1.165) is 29.9 Å². The van der Waals surface area contributed by atoms with Gasteiger partial charge in [-0.25, -0.2) is 15.4 Å². The number of nitrogens with one attached hydrogen (secondary N) is 1. The van der Waals surface area contributed by atoms with Crippen LogP contribution in [-0.4, -0.2) is 9.97 Å². The van der Waals surface area contributed by atoms with Crippen molar-refractivity contribution in [3.05, 3.63) is 90.3 Å². The summed E-state index contributed by atoms with van der Waals surface area (Å²) in [7, 11) is 0. The molecular formula is C21H17N3O3. The molecule has 2 aromatic carbocycles. The number of aryl methyl sites for hydroxylation is 1. The first-order valence-corrected chi connectivity index (χ1v) is 8.77. The number of aromatic nitrogens is 2. The minimum absolute atomic E-state index is 0.522. The smallest absolute Gasteiger partial charge is 0.216 e. The van der Waals surface area contributed by atoms with Crippen molar-refractivity contribution < 1.29 is 14.3 Å². The van der Waals surface area contributed by atoms with Gasteiger partial charge in [0.15, 0.2) is 5.75 Å². The van der Waals surface area contributed by atoms with E-state index in [1.165, 1.54) is 11.9 Å². The molecule has 6 nitrogen and oxygen atoms in total. The second-order valence-corrected chi connectivity index (χ2v) is 6.51. The Balaban J connectivity index is 1.38. The van der Waals surface area contributed by atoms with Gasteiger partial charge in [0, 0.05) is 6.08 Å². The van der Waals surface area contributed by atoms with Crippen molar-refractivity contribution in [2.24, 2.45) is 0 Å². The van der Waals surface area contributed by atoms with E-state index in [9.17, 15) is 0 Å². The topological polar surface area (TPSA) is 65.5 Å². The van der Waals surface area contributed by atoms with Crippen molar-refractivity contribution in [2.45, 2.75) is 18.4 Å². The summed E-state index contributed by atoms with van der Waals surface area (Å²) >= 11 is 0. The van der Waals surface area contributed by atoms with Crippen molar-refractivity contribution in [1.29, 1.82) is 0 Å². The first-order chi connectivity index (χ1) is 13.3. The van der Waals surface area contributed by atoms with Crippen molar-refractivity contribution in [3.8, 4) is 17.2 Å². The molecule has 3 aromatic rings. The molecule has 0 bridgehead atoms. The van der Waals surface area contributed by atoms with Crippen LogP contribution in [0.1, 0.15) is 17.5 Å². The maximum Gasteiger partial charge on any atom is 0.216 e. The van der Waals surface area contributed by atoms with Crippen molar-refractivity contribution >= 4 is 0 Å². The third-order valence-electron chi connectivity index (χ3n) is 4.74. The lowest BCUT2D eigenvalue weighted by Crippen LogP contribution is -2.24. The van der Waals surface area contributed by atoms with Crippen LogP contribution >= 0.6 is 0 Å². The van der Waals surface area contributed by atoms with Gasteiger partial charge < -0.3 is 9.47 Å². The first-order valence-electron chi connectivity index (χ1n) is 8.77. The number of benzene rings is 2. The number of hydrogen-bond acceptors (Lipinski definition) is 6. The fourth-order valence-electron chi connectivity index (χ4n) is 3.52. The van der Waals surface area contributed by atoms with Crippen LogP contribution in [0.15, 0.2) is 79.2 Å². The predicted octanol–water partition coefficient (Wildman–Crippen LogP) is 3.87. The maximum atomic E-state index is 5.94. The highest BCUT2D eigenvalue weighted by Gasteiger charge is 2.43. The predicted molar refractivity (Wildman–Crippen MR) is 97.9 cm³/mol. The Morgan fingerprint density at radius 3 is 2.63 bits per heavy atom. The van der Waals surface area contributed by atoms with Gasteiger partial charge in [0.05, 0.1) is 12.4 Å². The lowest BCUT2D eigenvalue weighted by atomic mass is 9.96. The highest BCUT2D eigenvalue weighted by Crippen LogP contribution is 2.45. The summed E-state index contributed by atoms with van der Waals surface area (Å²) in [5, 5.41) is 0. The quantitative estimate of drug-likeness (QED) is 0.763. The minimum atomic E-state index is -0.522. The van der Waals surface area contributed by atoms with E-state index in [-0.39, 0.29) is 0 Å². The maximum absolute atomic E-state index is 5.94. The standard InChI is InChI=1S/C21H17N3O3/c1-2-4-16(5-3-1)25-17-6-7-19-15(10-17)8-9-21(19)11-20(24-27-21)26-18-12-22-14-23-13-18/h1-7,10-14,24H,8-9H2/t21-/m1/s1. The Morgan fingerprint density at radius 2 is 1.78 bits per heavy atom. The van der Waals surface area contributed by atoms with Crippen LogP contribution in [-0.2, 0) is 16.9 Å². The van der Waals surface area contributed by atoms with E-state index in [0.29, 0.717) is 11.6 Å². The van der Waals surface area contributed by atoms with E-state index >= 15 is 0 Å². The van der Waals surface area contributed by atoms with Crippen LogP contribution in [0.25, 0.3) is 0 Å². The Kier molecular flexibility index (Phi) is 3.76. The van der Waals surface area contributed by atoms with Gasteiger partial charge in [-0.3, -0.25) is 4.84 Å². The van der Waals surface area contributed by atoms with Gasteiger partial charge >= 0.3 is 0 Å². The van der Waals surface area contributed by atoms with E-state index in [4.69, 9.17) is 14.3 Å². The lowest BCUT2D eigenvalue weighted by Gasteiger charge is -2.20. The average Bonchev–Trinajstić information content (AvgIpc) is 3.28. The minimum Gasteiger partial charge on any atom is -0.457 e. The number of fused-ring (bicyclic) bond motifs is 2. The van der Waals surface area contributed by atoms with Crippen molar-refractivity contribution in [1.82, 2.24) is 15.4 Å². The number of rotatable bonds is 4. The zero-order valence-electron chi connectivity index (χ0n) is 14.5. The third kappa shape index (κ3) is 3.00. The summed E-state index contributed by atoms with van der Waals surface area (Å²) in [6.45, 7) is 0. The normalized spacial score (nSPS) is 20.1. The van der Waals surface area contributed by atoms with Gasteiger partial charge in [-0.1, -0.05) is 24.3 Å². The largest absolute Gasteiger partial charge is 0.457 e. The molecule has 6 heteroatoms. The van der Waals surface area contributed by atoms with Crippen LogP contribution < -0.4 is 15.0 Å². The van der Waals surface area contributed by atoms with Crippen molar-refractivity contribution in [3.63, 3.8) is 0 Å². The fourth-order valence-corrected chi connectivity index (χ4v) is 3.52. The molecule has 27 heavy (non-hydrogen) atoms. The lowest BCUT2D eigenvalue weighted by molar-refractivity contribution is -0.0506. The zero-order chi connectivity index (χ0) is 18.1. The summed E-state index contributed by atoms with van der Waals surface area (Å²) in [4.78, 5) is 13.8. The van der Waals surface area contributed by atoms with Crippen molar-refractivity contribution in [2.75, 3.05) is 0 Å². The van der Waals surface area contributed by atoms with E-state index in [1.54, 1.807) is 12.4 Å². The summed E-state index contributed by atoms with van der Waals surface area (Å²) in [5.74, 6) is 2.75. The monoisotopic (exact) mass is 359 g/mol. The highest BCUT2D eigenvalue weighted by molar-refractivity contribution is 5.47. The number of hydroxylamine groups is 1. The van der Waals surface area contributed by atoms with Crippen LogP contribution in [0.4, 0.5) is 0 Å². The van der Waals surface area contributed by atoms with Crippen LogP contribution in [0, 0.1) is 0 Å². The second-order valence-electron chi connectivity index (χ2n) is 6.51. The molecule has 0 unspecified atom stereocenters. The molecule has 0 amide bonds. The van der Waals surface area contributed by atoms with Gasteiger partial charge in [-0.2, -0.15) is 0 Å². The van der Waals surface area contributed by atoms with Crippen LogP contribution in [0.3, 0.4) is 0 Å². The molecule has 0 radical (unpaired) electrons. The molecular weight excluding hydrogens is 342 g/mol. The van der Waals surface area contributed by atoms with Crippen LogP contribution in [0.2, 0.25) is 0 Å².